The number of nitrogens with zero attached hydrogens (tertiary/aromatic N) is 6. The molecule has 0 spiro atoms. The first-order chi connectivity index (χ1) is 17.1. The van der Waals surface area contributed by atoms with Crippen molar-refractivity contribution in [3.05, 3.63) is 82.6 Å². The van der Waals surface area contributed by atoms with E-state index in [0.717, 1.165) is 42.0 Å². The van der Waals surface area contributed by atoms with Gasteiger partial charge in [-0.2, -0.15) is 10.2 Å². The Kier molecular flexibility index (Phi) is 6.66. The predicted octanol–water partition coefficient (Wildman–Crippen LogP) is 3.71. The van der Waals surface area contributed by atoms with E-state index in [0.29, 0.717) is 16.3 Å². The Morgan fingerprint density at radius 2 is 1.86 bits per heavy atom. The normalized spacial score (nSPS) is 15.0. The number of carbonyl (C=O) groups is 1. The molecule has 1 aliphatic rings. The minimum Gasteiger partial charge on any atom is -0.459 e. The summed E-state index contributed by atoms with van der Waals surface area (Å²) >= 11 is 1.49. The average Bonchev–Trinajstić information content (AvgIpc) is 3.32. The molecule has 35 heavy (non-hydrogen) atoms. The lowest BCUT2D eigenvalue weighted by molar-refractivity contribution is 0.0664. The molecule has 1 atom stereocenters. The second kappa shape index (κ2) is 10.2. The highest BCUT2D eigenvalue weighted by molar-refractivity contribution is 7.18. The molecule has 0 saturated carbocycles. The summed E-state index contributed by atoms with van der Waals surface area (Å²) in [6, 6.07) is 19.4. The lowest BCUT2D eigenvalue weighted by Crippen LogP contribution is -2.47. The van der Waals surface area contributed by atoms with Crippen molar-refractivity contribution in [1.82, 2.24) is 24.8 Å². The molecule has 1 amide bonds. The Hall–Kier alpha value is -3.87. The molecule has 9 heteroatoms. The Balaban J connectivity index is 1.24. The summed E-state index contributed by atoms with van der Waals surface area (Å²) < 4.78 is 6.83. The summed E-state index contributed by atoms with van der Waals surface area (Å²) in [5.74, 6) is -0.545. The molecule has 0 bridgehead atoms. The van der Waals surface area contributed by atoms with E-state index in [1.807, 2.05) is 53.4 Å². The van der Waals surface area contributed by atoms with Gasteiger partial charge in [0, 0.05) is 37.9 Å². The molecule has 2 aromatic carbocycles. The van der Waals surface area contributed by atoms with E-state index in [1.54, 1.807) is 12.3 Å². The highest BCUT2D eigenvalue weighted by Gasteiger charge is 2.21. The number of nitriles is 1. The molecule has 3 heterocycles. The number of benzene rings is 2. The van der Waals surface area contributed by atoms with E-state index >= 15 is 0 Å². The van der Waals surface area contributed by atoms with E-state index in [1.165, 1.54) is 11.3 Å². The molecular weight excluding hydrogens is 460 g/mol. The molecule has 1 unspecified atom stereocenters. The first-order valence-electron chi connectivity index (χ1n) is 11.4. The second-order valence-corrected chi connectivity index (χ2v) is 9.49. The van der Waals surface area contributed by atoms with Crippen LogP contribution in [0.4, 0.5) is 0 Å². The Morgan fingerprint density at radius 3 is 2.60 bits per heavy atom. The summed E-state index contributed by atoms with van der Waals surface area (Å²) in [5.41, 5.74) is 2.98. The van der Waals surface area contributed by atoms with Gasteiger partial charge >= 0.3 is 6.01 Å². The topological polar surface area (TPSA) is 95.2 Å². The van der Waals surface area contributed by atoms with Crippen molar-refractivity contribution in [2.45, 2.75) is 12.5 Å². The Bertz CT molecular complexity index is 1340. The maximum atomic E-state index is 12.7. The van der Waals surface area contributed by atoms with Crippen LogP contribution in [0.25, 0.3) is 10.2 Å². The summed E-state index contributed by atoms with van der Waals surface area (Å²) in [6.07, 6.45) is 1.59. The molecule has 8 nitrogen and oxygen atoms in total. The number of hydrogen-bond acceptors (Lipinski definition) is 8. The van der Waals surface area contributed by atoms with Gasteiger partial charge in [-0.25, -0.2) is 9.97 Å². The zero-order valence-electron chi connectivity index (χ0n) is 19.3. The van der Waals surface area contributed by atoms with Crippen LogP contribution in [0.5, 0.6) is 6.01 Å². The maximum absolute atomic E-state index is 12.7. The van der Waals surface area contributed by atoms with E-state index < -0.39 is 5.92 Å². The van der Waals surface area contributed by atoms with E-state index in [9.17, 15) is 10.1 Å². The monoisotopic (exact) mass is 484 g/mol. The fourth-order valence-corrected chi connectivity index (χ4v) is 4.95. The number of para-hydroxylation sites is 1. The average molecular weight is 485 g/mol. The number of amides is 1. The minimum absolute atomic E-state index is 0.0546. The van der Waals surface area contributed by atoms with Crippen LogP contribution in [0.3, 0.4) is 0 Å². The van der Waals surface area contributed by atoms with Crippen LogP contribution in [-0.2, 0) is 6.61 Å². The van der Waals surface area contributed by atoms with Crippen LogP contribution >= 0.6 is 11.3 Å². The van der Waals surface area contributed by atoms with Crippen LogP contribution < -0.4 is 4.74 Å². The van der Waals surface area contributed by atoms with Crippen LogP contribution in [0.15, 0.2) is 60.8 Å². The number of thiazole rings is 1. The molecule has 5 rings (SSSR count). The van der Waals surface area contributed by atoms with E-state index in [2.05, 4.69) is 33.0 Å². The van der Waals surface area contributed by atoms with Crippen LogP contribution in [0.2, 0.25) is 0 Å². The number of likely N-dealkylation sites (N-methyl/N-ethyl adjacent to an activating group) is 1. The van der Waals surface area contributed by atoms with Crippen LogP contribution in [0, 0.1) is 11.3 Å². The zero-order valence-corrected chi connectivity index (χ0v) is 20.1. The van der Waals surface area contributed by atoms with Gasteiger partial charge in [0.2, 0.25) is 0 Å². The van der Waals surface area contributed by atoms with Crippen molar-refractivity contribution in [2.24, 2.45) is 0 Å². The molecular formula is C26H24N6O2S. The number of rotatable bonds is 6. The van der Waals surface area contributed by atoms with Gasteiger partial charge in [0.25, 0.3) is 5.91 Å². The highest BCUT2D eigenvalue weighted by atomic mass is 32.1. The molecule has 176 valence electrons. The fraction of sp³-hybridized carbons (Fsp3) is 0.269. The molecule has 1 saturated heterocycles. The number of fused-ring (bicyclic) bond motifs is 1. The van der Waals surface area contributed by atoms with Gasteiger partial charge in [0.1, 0.15) is 17.5 Å². The van der Waals surface area contributed by atoms with Gasteiger partial charge in [-0.1, -0.05) is 24.3 Å². The van der Waals surface area contributed by atoms with E-state index in [-0.39, 0.29) is 18.5 Å². The molecule has 0 radical (unpaired) electrons. The van der Waals surface area contributed by atoms with Crippen molar-refractivity contribution < 1.29 is 9.53 Å². The summed E-state index contributed by atoms with van der Waals surface area (Å²) in [5, 5.41) is 10.5. The predicted molar refractivity (Wildman–Crippen MR) is 133 cm³/mol. The van der Waals surface area contributed by atoms with Crippen LogP contribution in [-0.4, -0.2) is 63.9 Å². The lowest BCUT2D eigenvalue weighted by atomic mass is 10.1. The third-order valence-corrected chi connectivity index (χ3v) is 7.10. The van der Waals surface area contributed by atoms with Gasteiger partial charge in [0.05, 0.1) is 22.0 Å². The molecule has 1 aliphatic heterocycles. The number of hydrogen-bond donors (Lipinski definition) is 0. The number of piperazine rings is 1. The quantitative estimate of drug-likeness (QED) is 0.412. The van der Waals surface area contributed by atoms with Gasteiger partial charge in [-0.05, 0) is 42.9 Å². The second-order valence-electron chi connectivity index (χ2n) is 8.43. The Labute approximate surface area is 207 Å². The SMILES string of the molecule is CN1CCN(C(=O)c2ccc(COc3nccc(C(C#N)c4nc5ccccc5s4)n3)cc2)CC1. The van der Waals surface area contributed by atoms with Crippen molar-refractivity contribution in [2.75, 3.05) is 33.2 Å². The van der Waals surface area contributed by atoms with Gasteiger partial charge in [-0.3, -0.25) is 4.79 Å². The fourth-order valence-electron chi connectivity index (χ4n) is 3.93. The Morgan fingerprint density at radius 1 is 1.09 bits per heavy atom. The number of aromatic nitrogens is 3. The molecule has 0 N–H and O–H groups in total. The molecule has 0 aliphatic carbocycles. The lowest BCUT2D eigenvalue weighted by Gasteiger charge is -2.32. The minimum atomic E-state index is -0.599. The first kappa shape index (κ1) is 22.9. The molecule has 2 aromatic heterocycles. The summed E-state index contributed by atoms with van der Waals surface area (Å²) in [6.45, 7) is 3.53. The smallest absolute Gasteiger partial charge is 0.316 e. The zero-order chi connectivity index (χ0) is 24.2. The van der Waals surface area contributed by atoms with E-state index in [4.69, 9.17) is 4.74 Å². The largest absolute Gasteiger partial charge is 0.459 e. The van der Waals surface area contributed by atoms with Gasteiger partial charge < -0.3 is 14.5 Å². The molecule has 4 aromatic rings. The van der Waals surface area contributed by atoms with Crippen molar-refractivity contribution in [1.29, 1.82) is 5.26 Å². The van der Waals surface area contributed by atoms with Gasteiger partial charge in [-0.15, -0.1) is 11.3 Å². The van der Waals surface area contributed by atoms with Crippen molar-refractivity contribution in [3.63, 3.8) is 0 Å². The van der Waals surface area contributed by atoms with Crippen molar-refractivity contribution in [3.8, 4) is 12.1 Å². The molecule has 1 fully saturated rings. The summed E-state index contributed by atoms with van der Waals surface area (Å²) in [7, 11) is 2.07. The van der Waals surface area contributed by atoms with Crippen molar-refractivity contribution >= 4 is 27.5 Å². The highest BCUT2D eigenvalue weighted by Crippen LogP contribution is 2.31. The first-order valence-corrected chi connectivity index (χ1v) is 12.2. The third kappa shape index (κ3) is 5.14. The number of carbonyl (C=O) groups excluding carboxylic acids is 1. The standard InChI is InChI=1S/C26H24N6O2S/c1-31-12-14-32(15-13-31)25(33)19-8-6-18(7-9-19)17-34-26-28-11-10-21(30-26)20(16-27)24-29-22-4-2-3-5-23(22)35-24/h2-11,20H,12-15,17H2,1H3. The summed E-state index contributed by atoms with van der Waals surface area (Å²) in [4.78, 5) is 30.1. The third-order valence-electron chi connectivity index (χ3n) is 6.00. The van der Waals surface area contributed by atoms with Crippen LogP contribution in [0.1, 0.15) is 32.5 Å². The van der Waals surface area contributed by atoms with Gasteiger partial charge in [0.15, 0.2) is 0 Å². The number of ether oxygens (including phenoxy) is 1. The maximum Gasteiger partial charge on any atom is 0.316 e.